The molecule has 2 amide bonds. The van der Waals surface area contributed by atoms with Crippen molar-refractivity contribution < 1.29 is 9.59 Å². The van der Waals surface area contributed by atoms with Crippen LogP contribution in [0.5, 0.6) is 0 Å². The molecule has 0 radical (unpaired) electrons. The summed E-state index contributed by atoms with van der Waals surface area (Å²) in [5.74, 6) is 0.714. The van der Waals surface area contributed by atoms with Crippen molar-refractivity contribution in [3.05, 3.63) is 11.8 Å². The topological polar surface area (TPSA) is 67.2 Å². The molecule has 6 nitrogen and oxygen atoms in total. The maximum absolute atomic E-state index is 12.8. The normalized spacial score (nSPS) is 16.1. The second-order valence-corrected chi connectivity index (χ2v) is 9.98. The van der Waals surface area contributed by atoms with Crippen molar-refractivity contribution in [3.8, 4) is 0 Å². The quantitative estimate of drug-likeness (QED) is 0.815. The lowest BCUT2D eigenvalue weighted by Crippen LogP contribution is -2.42. The highest BCUT2D eigenvalue weighted by atomic mass is 16.2. The maximum atomic E-state index is 12.8. The third-order valence-electron chi connectivity index (χ3n) is 5.36. The molecule has 1 heterocycles. The Bertz CT molecular complexity index is 688. The Labute approximate surface area is 170 Å². The van der Waals surface area contributed by atoms with Crippen molar-refractivity contribution in [1.82, 2.24) is 14.7 Å². The number of nitrogens with zero attached hydrogens (tertiary/aromatic N) is 3. The van der Waals surface area contributed by atoms with Crippen molar-refractivity contribution in [2.24, 2.45) is 5.92 Å². The molecule has 0 bridgehead atoms. The molecule has 28 heavy (non-hydrogen) atoms. The predicted octanol–water partition coefficient (Wildman–Crippen LogP) is 4.30. The second kappa shape index (κ2) is 8.66. The minimum atomic E-state index is -0.255. The second-order valence-electron chi connectivity index (χ2n) is 9.98. The summed E-state index contributed by atoms with van der Waals surface area (Å²) >= 11 is 0. The van der Waals surface area contributed by atoms with Crippen LogP contribution in [0.2, 0.25) is 0 Å². The van der Waals surface area contributed by atoms with Gasteiger partial charge < -0.3 is 10.2 Å². The zero-order valence-electron chi connectivity index (χ0n) is 18.8. The first-order valence-electron chi connectivity index (χ1n) is 10.6. The molecule has 0 atom stereocenters. The van der Waals surface area contributed by atoms with E-state index < -0.39 is 0 Å². The fourth-order valence-corrected chi connectivity index (χ4v) is 3.66. The van der Waals surface area contributed by atoms with Crippen LogP contribution in [-0.2, 0) is 20.5 Å². The molecular weight excluding hydrogens is 352 g/mol. The summed E-state index contributed by atoms with van der Waals surface area (Å²) in [4.78, 5) is 27.3. The van der Waals surface area contributed by atoms with Gasteiger partial charge in [0.05, 0.1) is 17.8 Å². The van der Waals surface area contributed by atoms with Gasteiger partial charge in [0.1, 0.15) is 5.82 Å². The van der Waals surface area contributed by atoms with Gasteiger partial charge in [-0.15, -0.1) is 0 Å². The van der Waals surface area contributed by atoms with Crippen LogP contribution in [-0.4, -0.2) is 39.6 Å². The molecule has 0 aromatic carbocycles. The first-order chi connectivity index (χ1) is 12.9. The molecule has 0 saturated heterocycles. The number of hydrogen-bond acceptors (Lipinski definition) is 3. The summed E-state index contributed by atoms with van der Waals surface area (Å²) in [7, 11) is 0. The Morgan fingerprint density at radius 3 is 2.25 bits per heavy atom. The van der Waals surface area contributed by atoms with E-state index in [0.29, 0.717) is 12.4 Å². The molecule has 0 spiro atoms. The molecule has 2 rings (SSSR count). The fraction of sp³-hybridized carbons (Fsp3) is 0.773. The van der Waals surface area contributed by atoms with E-state index in [9.17, 15) is 9.59 Å². The van der Waals surface area contributed by atoms with Gasteiger partial charge in [0.2, 0.25) is 11.8 Å². The van der Waals surface area contributed by atoms with Crippen LogP contribution in [0.4, 0.5) is 5.82 Å². The number of likely N-dealkylation sites (N-methyl/N-ethyl adjacent to an activating group) is 1. The van der Waals surface area contributed by atoms with E-state index in [1.54, 1.807) is 4.90 Å². The van der Waals surface area contributed by atoms with E-state index in [-0.39, 0.29) is 35.2 Å². The lowest BCUT2D eigenvalue weighted by Gasteiger charge is -2.28. The van der Waals surface area contributed by atoms with Gasteiger partial charge >= 0.3 is 0 Å². The summed E-state index contributed by atoms with van der Waals surface area (Å²) in [5.41, 5.74) is 0.569. The van der Waals surface area contributed by atoms with Gasteiger partial charge in [-0.05, 0) is 40.5 Å². The number of amides is 2. The number of aromatic nitrogens is 2. The van der Waals surface area contributed by atoms with Crippen LogP contribution in [0.1, 0.15) is 86.3 Å². The highest BCUT2D eigenvalue weighted by Crippen LogP contribution is 2.28. The van der Waals surface area contributed by atoms with Crippen molar-refractivity contribution in [2.75, 3.05) is 18.4 Å². The highest BCUT2D eigenvalue weighted by Gasteiger charge is 2.28. The number of hydrogen-bond donors (Lipinski definition) is 1. The number of carbonyl (C=O) groups excluding carboxylic acids is 2. The van der Waals surface area contributed by atoms with E-state index in [2.05, 4.69) is 46.9 Å². The van der Waals surface area contributed by atoms with Crippen LogP contribution in [0, 0.1) is 5.92 Å². The summed E-state index contributed by atoms with van der Waals surface area (Å²) in [5, 5.41) is 7.73. The summed E-state index contributed by atoms with van der Waals surface area (Å²) in [6, 6.07) is 1.95. The molecule has 1 fully saturated rings. The lowest BCUT2D eigenvalue weighted by molar-refractivity contribution is -0.139. The predicted molar refractivity (Wildman–Crippen MR) is 113 cm³/mol. The van der Waals surface area contributed by atoms with Gasteiger partial charge in [0.25, 0.3) is 0 Å². The number of nitrogens with one attached hydrogen (secondary N) is 1. The standard InChI is InChI=1S/C22H38N4O2/c1-8-25(20(28)16-12-10-9-11-13-16)15-19(27)23-18-14-17(21(2,3)4)24-26(18)22(5,6)7/h14,16H,8-13,15H2,1-7H3,(H,23,27). The third-order valence-corrected chi connectivity index (χ3v) is 5.36. The molecule has 6 heteroatoms. The molecule has 1 aliphatic rings. The van der Waals surface area contributed by atoms with Crippen molar-refractivity contribution in [2.45, 2.75) is 91.5 Å². The van der Waals surface area contributed by atoms with Crippen molar-refractivity contribution >= 4 is 17.6 Å². The zero-order chi connectivity index (χ0) is 21.1. The Morgan fingerprint density at radius 2 is 1.75 bits per heavy atom. The summed E-state index contributed by atoms with van der Waals surface area (Å²) in [6.45, 7) is 15.1. The largest absolute Gasteiger partial charge is 0.333 e. The van der Waals surface area contributed by atoms with Crippen molar-refractivity contribution in [3.63, 3.8) is 0 Å². The zero-order valence-corrected chi connectivity index (χ0v) is 18.8. The summed E-state index contributed by atoms with van der Waals surface area (Å²) in [6.07, 6.45) is 5.33. The first-order valence-corrected chi connectivity index (χ1v) is 10.6. The Morgan fingerprint density at radius 1 is 1.14 bits per heavy atom. The van der Waals surface area contributed by atoms with E-state index in [1.807, 2.05) is 17.7 Å². The van der Waals surface area contributed by atoms with E-state index in [1.165, 1.54) is 6.42 Å². The molecule has 158 valence electrons. The van der Waals surface area contributed by atoms with Crippen LogP contribution in [0.15, 0.2) is 6.07 Å². The molecule has 0 aliphatic heterocycles. The van der Waals surface area contributed by atoms with Crippen LogP contribution >= 0.6 is 0 Å². The molecule has 1 aliphatic carbocycles. The highest BCUT2D eigenvalue weighted by molar-refractivity contribution is 5.94. The van der Waals surface area contributed by atoms with Gasteiger partial charge in [-0.25, -0.2) is 4.68 Å². The molecule has 1 aromatic heterocycles. The van der Waals surface area contributed by atoms with Gasteiger partial charge in [-0.3, -0.25) is 9.59 Å². The Kier molecular flexibility index (Phi) is 6.94. The molecule has 0 unspecified atom stereocenters. The van der Waals surface area contributed by atoms with E-state index in [0.717, 1.165) is 31.4 Å². The maximum Gasteiger partial charge on any atom is 0.245 e. The SMILES string of the molecule is CCN(CC(=O)Nc1cc(C(C)(C)C)nn1C(C)(C)C)C(=O)C1CCCCC1. The molecule has 1 aromatic rings. The smallest absolute Gasteiger partial charge is 0.245 e. The average Bonchev–Trinajstić information content (AvgIpc) is 3.04. The van der Waals surface area contributed by atoms with Crippen LogP contribution in [0.3, 0.4) is 0 Å². The fourth-order valence-electron chi connectivity index (χ4n) is 3.66. The van der Waals surface area contributed by atoms with Gasteiger partial charge in [0, 0.05) is 23.9 Å². The molecular formula is C22H38N4O2. The van der Waals surface area contributed by atoms with Crippen molar-refractivity contribution in [1.29, 1.82) is 0 Å². The lowest BCUT2D eigenvalue weighted by atomic mass is 9.88. The molecule has 1 saturated carbocycles. The Balaban J connectivity index is 2.12. The van der Waals surface area contributed by atoms with E-state index in [4.69, 9.17) is 5.10 Å². The third kappa shape index (κ3) is 5.58. The minimum Gasteiger partial charge on any atom is -0.333 e. The van der Waals surface area contributed by atoms with E-state index >= 15 is 0 Å². The Hall–Kier alpha value is -1.85. The summed E-state index contributed by atoms with van der Waals surface area (Å²) < 4.78 is 1.87. The van der Waals surface area contributed by atoms with Gasteiger partial charge in [-0.2, -0.15) is 5.10 Å². The average molecular weight is 391 g/mol. The van der Waals surface area contributed by atoms with Crippen LogP contribution in [0.25, 0.3) is 0 Å². The van der Waals surface area contributed by atoms with Crippen LogP contribution < -0.4 is 5.32 Å². The number of carbonyl (C=O) groups is 2. The van der Waals surface area contributed by atoms with Gasteiger partial charge in [-0.1, -0.05) is 40.0 Å². The number of rotatable bonds is 5. The number of anilines is 1. The monoisotopic (exact) mass is 390 g/mol. The van der Waals surface area contributed by atoms with Gasteiger partial charge in [0.15, 0.2) is 0 Å². The molecule has 1 N–H and O–H groups in total. The minimum absolute atomic E-state index is 0.0779. The first kappa shape index (κ1) is 22.4.